The van der Waals surface area contributed by atoms with Crippen molar-refractivity contribution >= 4 is 34.0 Å². The van der Waals surface area contributed by atoms with Crippen LogP contribution in [0, 0.1) is 5.82 Å². The van der Waals surface area contributed by atoms with Gasteiger partial charge in [0.15, 0.2) is 0 Å². The molecule has 6 aromatic rings. The molecule has 0 saturated carbocycles. The average Bonchev–Trinajstić information content (AvgIpc) is 3.66. The van der Waals surface area contributed by atoms with Crippen LogP contribution in [0.4, 0.5) is 14.0 Å². The highest BCUT2D eigenvalue weighted by Gasteiger charge is 2.30. The van der Waals surface area contributed by atoms with Gasteiger partial charge in [0.05, 0.1) is 17.2 Å². The van der Waals surface area contributed by atoms with Gasteiger partial charge in [0.1, 0.15) is 19.0 Å². The molecule has 0 radical (unpaired) electrons. The van der Waals surface area contributed by atoms with Gasteiger partial charge in [-0.05, 0) is 66.1 Å². The van der Waals surface area contributed by atoms with Crippen LogP contribution in [0.2, 0.25) is 0 Å². The van der Waals surface area contributed by atoms with Crippen molar-refractivity contribution in [3.8, 4) is 5.69 Å². The normalized spacial score (nSPS) is 13.4. The minimum absolute atomic E-state index is 0.0274. The standard InChI is InChI=1S/C38H33FN4O4/c1-25(31-21-41(22-31)37(44)46-23-27-9-5-3-6-10-27)26(2)34-17-29-18-36-30(19-35(29)42(34)33-15-13-32(39)14-16-33)20-40-43(36)38(45)47-24-28-11-7-4-8-12-28/h3-20,26H,21-24H2,1-2H3. The van der Waals surface area contributed by atoms with Gasteiger partial charge >= 0.3 is 12.2 Å². The number of aromatic nitrogens is 3. The van der Waals surface area contributed by atoms with Crippen LogP contribution in [0.1, 0.15) is 36.6 Å². The number of ether oxygens (including phenoxy) is 2. The summed E-state index contributed by atoms with van der Waals surface area (Å²) in [7, 11) is 0. The maximum atomic E-state index is 14.0. The number of rotatable bonds is 7. The van der Waals surface area contributed by atoms with Crippen LogP contribution in [0.5, 0.6) is 0 Å². The van der Waals surface area contributed by atoms with Crippen LogP contribution < -0.4 is 0 Å². The number of likely N-dealkylation sites (tertiary alicyclic amines) is 1. The Kier molecular flexibility index (Phi) is 8.03. The van der Waals surface area contributed by atoms with Gasteiger partial charge in [0.2, 0.25) is 0 Å². The van der Waals surface area contributed by atoms with Crippen LogP contribution in [0.15, 0.2) is 120 Å². The second-order valence-corrected chi connectivity index (χ2v) is 11.9. The van der Waals surface area contributed by atoms with E-state index in [1.54, 1.807) is 23.2 Å². The van der Waals surface area contributed by atoms with E-state index in [0.29, 0.717) is 18.6 Å². The Bertz CT molecular complexity index is 2110. The van der Waals surface area contributed by atoms with Gasteiger partial charge in [-0.15, -0.1) is 0 Å². The zero-order chi connectivity index (χ0) is 32.5. The van der Waals surface area contributed by atoms with E-state index in [2.05, 4.69) is 29.6 Å². The number of carbonyl (C=O) groups excluding carboxylic acids is 2. The topological polar surface area (TPSA) is 78.6 Å². The summed E-state index contributed by atoms with van der Waals surface area (Å²) >= 11 is 0. The molecule has 1 saturated heterocycles. The fourth-order valence-electron chi connectivity index (χ4n) is 6.00. The molecule has 0 aliphatic carbocycles. The van der Waals surface area contributed by atoms with Gasteiger partial charge in [-0.3, -0.25) is 0 Å². The smallest absolute Gasteiger partial charge is 0.435 e. The molecule has 47 heavy (non-hydrogen) atoms. The van der Waals surface area contributed by atoms with E-state index in [9.17, 15) is 14.0 Å². The van der Waals surface area contributed by atoms with E-state index >= 15 is 0 Å². The molecule has 1 unspecified atom stereocenters. The van der Waals surface area contributed by atoms with Crippen molar-refractivity contribution in [1.29, 1.82) is 0 Å². The molecule has 1 fully saturated rings. The number of carbonyl (C=O) groups is 2. The Morgan fingerprint density at radius 3 is 2.02 bits per heavy atom. The summed E-state index contributed by atoms with van der Waals surface area (Å²) in [6.07, 6.45) is 0.755. The SMILES string of the molecule is CC(=C1CN(C(=O)OCc2ccccc2)C1)C(C)c1cc2cc3c(cnn3C(=O)OCc3ccccc3)cc2n1-c1ccc(F)cc1. The van der Waals surface area contributed by atoms with E-state index in [0.717, 1.165) is 44.4 Å². The molecule has 1 aliphatic heterocycles. The van der Waals surface area contributed by atoms with Crippen LogP contribution in [-0.4, -0.2) is 44.5 Å². The van der Waals surface area contributed by atoms with E-state index in [1.807, 2.05) is 72.8 Å². The quantitative estimate of drug-likeness (QED) is 0.166. The molecule has 0 bridgehead atoms. The Balaban J connectivity index is 1.17. The van der Waals surface area contributed by atoms with Crippen molar-refractivity contribution in [3.05, 3.63) is 143 Å². The lowest BCUT2D eigenvalue weighted by Crippen LogP contribution is -2.45. The van der Waals surface area contributed by atoms with E-state index < -0.39 is 6.09 Å². The molecule has 4 aromatic carbocycles. The third-order valence-corrected chi connectivity index (χ3v) is 8.86. The maximum absolute atomic E-state index is 14.0. The fraction of sp³-hybridized carbons (Fsp3) is 0.184. The average molecular weight is 629 g/mol. The molecule has 9 heteroatoms. The van der Waals surface area contributed by atoms with Gasteiger partial charge in [0.25, 0.3) is 0 Å². The number of allylic oxidation sites excluding steroid dienone is 1. The van der Waals surface area contributed by atoms with Gasteiger partial charge < -0.3 is 18.9 Å². The molecule has 236 valence electrons. The number of fused-ring (bicyclic) bond motifs is 2. The number of benzene rings is 4. The first-order valence-corrected chi connectivity index (χ1v) is 15.5. The van der Waals surface area contributed by atoms with Gasteiger partial charge in [-0.2, -0.15) is 9.78 Å². The maximum Gasteiger partial charge on any atom is 0.435 e. The third-order valence-electron chi connectivity index (χ3n) is 8.86. The Hall–Kier alpha value is -5.70. The van der Waals surface area contributed by atoms with Crippen molar-refractivity contribution in [1.82, 2.24) is 19.2 Å². The fourth-order valence-corrected chi connectivity index (χ4v) is 6.00. The molecule has 3 heterocycles. The summed E-state index contributed by atoms with van der Waals surface area (Å²) < 4.78 is 28.5. The van der Waals surface area contributed by atoms with Crippen LogP contribution in [0.25, 0.3) is 27.5 Å². The summed E-state index contributed by atoms with van der Waals surface area (Å²) in [5.74, 6) is -0.343. The van der Waals surface area contributed by atoms with Gasteiger partial charge in [-0.25, -0.2) is 14.0 Å². The summed E-state index contributed by atoms with van der Waals surface area (Å²) in [4.78, 5) is 27.4. The molecule has 0 N–H and O–H groups in total. The Morgan fingerprint density at radius 2 is 1.38 bits per heavy atom. The Labute approximate surface area is 271 Å². The molecule has 7 rings (SSSR count). The largest absolute Gasteiger partial charge is 0.445 e. The minimum Gasteiger partial charge on any atom is -0.445 e. The molecule has 8 nitrogen and oxygen atoms in total. The zero-order valence-electron chi connectivity index (χ0n) is 26.1. The lowest BCUT2D eigenvalue weighted by Gasteiger charge is -2.36. The lowest BCUT2D eigenvalue weighted by atomic mass is 9.90. The summed E-state index contributed by atoms with van der Waals surface area (Å²) in [6.45, 7) is 5.61. The summed E-state index contributed by atoms with van der Waals surface area (Å²) in [6, 6.07) is 31.6. The number of nitrogens with zero attached hydrogens (tertiary/aromatic N) is 4. The molecule has 2 aromatic heterocycles. The van der Waals surface area contributed by atoms with Gasteiger partial charge in [0, 0.05) is 41.2 Å². The van der Waals surface area contributed by atoms with E-state index in [4.69, 9.17) is 9.47 Å². The number of halogens is 1. The highest BCUT2D eigenvalue weighted by atomic mass is 19.1. The molecule has 1 aliphatic rings. The van der Waals surface area contributed by atoms with Crippen LogP contribution >= 0.6 is 0 Å². The predicted octanol–water partition coefficient (Wildman–Crippen LogP) is 8.38. The number of amides is 1. The highest BCUT2D eigenvalue weighted by Crippen LogP contribution is 2.37. The second-order valence-electron chi connectivity index (χ2n) is 11.9. The van der Waals surface area contributed by atoms with Crippen molar-refractivity contribution in [2.24, 2.45) is 0 Å². The minimum atomic E-state index is -0.563. The molecular formula is C38H33FN4O4. The highest BCUT2D eigenvalue weighted by molar-refractivity contribution is 5.99. The van der Waals surface area contributed by atoms with Crippen LogP contribution in [0.3, 0.4) is 0 Å². The first-order chi connectivity index (χ1) is 22.9. The van der Waals surface area contributed by atoms with Crippen molar-refractivity contribution in [2.75, 3.05) is 13.1 Å². The summed E-state index contributed by atoms with van der Waals surface area (Å²) in [5.41, 5.74) is 7.51. The zero-order valence-corrected chi connectivity index (χ0v) is 26.1. The first-order valence-electron chi connectivity index (χ1n) is 15.5. The van der Waals surface area contributed by atoms with E-state index in [1.165, 1.54) is 22.4 Å². The van der Waals surface area contributed by atoms with Crippen molar-refractivity contribution < 1.29 is 23.5 Å². The molecular weight excluding hydrogens is 595 g/mol. The predicted molar refractivity (Wildman–Crippen MR) is 178 cm³/mol. The van der Waals surface area contributed by atoms with Gasteiger partial charge in [-0.1, -0.05) is 73.2 Å². The molecule has 0 spiro atoms. The third kappa shape index (κ3) is 6.00. The first kappa shape index (κ1) is 30.0. The number of hydrogen-bond donors (Lipinski definition) is 0. The monoisotopic (exact) mass is 628 g/mol. The summed E-state index contributed by atoms with van der Waals surface area (Å²) in [5, 5.41) is 6.01. The number of hydrogen-bond acceptors (Lipinski definition) is 5. The van der Waals surface area contributed by atoms with Crippen molar-refractivity contribution in [3.63, 3.8) is 0 Å². The van der Waals surface area contributed by atoms with Crippen LogP contribution in [-0.2, 0) is 22.7 Å². The second kappa shape index (κ2) is 12.6. The lowest BCUT2D eigenvalue weighted by molar-refractivity contribution is 0.0899. The molecule has 1 atom stereocenters. The Morgan fingerprint density at radius 1 is 0.787 bits per heavy atom. The van der Waals surface area contributed by atoms with E-state index in [-0.39, 0.29) is 31.0 Å². The molecule has 1 amide bonds. The van der Waals surface area contributed by atoms with Crippen molar-refractivity contribution in [2.45, 2.75) is 33.0 Å².